The molecule has 3 N–H and O–H groups in total. The number of rotatable bonds is 12. The van der Waals surface area contributed by atoms with E-state index in [0.29, 0.717) is 6.61 Å². The molecule has 0 aromatic heterocycles. The maximum Gasteiger partial charge on any atom is 0.466 e. The van der Waals surface area contributed by atoms with Gasteiger partial charge in [-0.1, -0.05) is 71.3 Å². The third-order valence-corrected chi connectivity index (χ3v) is 2.91. The quantitative estimate of drug-likeness (QED) is 0.217. The Bertz CT molecular complexity index is 305. The van der Waals surface area contributed by atoms with Gasteiger partial charge in [0, 0.05) is 6.08 Å². The summed E-state index contributed by atoms with van der Waals surface area (Å²) in [6.07, 6.45) is 14.2. The Labute approximate surface area is 133 Å². The lowest BCUT2D eigenvalue weighted by Gasteiger charge is -2.03. The van der Waals surface area contributed by atoms with Crippen LogP contribution in [0.4, 0.5) is 0 Å². The van der Waals surface area contributed by atoms with Crippen LogP contribution in [0.1, 0.15) is 71.1 Å². The first-order valence-electron chi connectivity index (χ1n) is 7.88. The van der Waals surface area contributed by atoms with Gasteiger partial charge in [-0.25, -0.2) is 9.36 Å². The normalized spacial score (nSPS) is 10.5. The van der Waals surface area contributed by atoms with Crippen molar-refractivity contribution in [3.8, 4) is 0 Å². The Morgan fingerprint density at radius 1 is 0.955 bits per heavy atom. The van der Waals surface area contributed by atoms with E-state index in [1.54, 1.807) is 0 Å². The Morgan fingerprint density at radius 3 is 1.68 bits per heavy atom. The molecule has 6 nitrogen and oxygen atoms in total. The van der Waals surface area contributed by atoms with Gasteiger partial charge in [0.2, 0.25) is 0 Å². The fraction of sp³-hybridized carbons (Fsp3) is 0.800. The lowest BCUT2D eigenvalue weighted by molar-refractivity contribution is -0.137. The van der Waals surface area contributed by atoms with Gasteiger partial charge >= 0.3 is 13.8 Å². The molecule has 0 aliphatic carbocycles. The number of carbonyl (C=O) groups is 1. The zero-order valence-electron chi connectivity index (χ0n) is 13.6. The second kappa shape index (κ2) is 16.7. The van der Waals surface area contributed by atoms with Crippen LogP contribution in [0, 0.1) is 0 Å². The van der Waals surface area contributed by atoms with Gasteiger partial charge in [-0.3, -0.25) is 0 Å². The van der Waals surface area contributed by atoms with Gasteiger partial charge in [-0.05, 0) is 6.42 Å². The average molecular weight is 338 g/mol. The molecule has 0 aromatic rings. The van der Waals surface area contributed by atoms with Gasteiger partial charge in [0.1, 0.15) is 0 Å². The highest BCUT2D eigenvalue weighted by atomic mass is 31.2. The van der Waals surface area contributed by atoms with E-state index in [2.05, 4.69) is 13.5 Å². The lowest BCUT2D eigenvalue weighted by atomic mass is 10.1. The molecule has 0 amide bonds. The molecule has 0 heterocycles. The Balaban J connectivity index is 0. The minimum atomic E-state index is -4.64. The second-order valence-electron chi connectivity index (χ2n) is 5.07. The zero-order chi connectivity index (χ0) is 17.3. The van der Waals surface area contributed by atoms with Gasteiger partial charge in [0.05, 0.1) is 6.61 Å². The maximum absolute atomic E-state index is 10.7. The van der Waals surface area contributed by atoms with Gasteiger partial charge in [0.15, 0.2) is 0 Å². The molecule has 0 aliphatic heterocycles. The number of phosphoric acid groups is 1. The van der Waals surface area contributed by atoms with Crippen molar-refractivity contribution in [3.63, 3.8) is 0 Å². The second-order valence-corrected chi connectivity index (χ2v) is 6.09. The molecule has 7 heteroatoms. The van der Waals surface area contributed by atoms with Crippen molar-refractivity contribution >= 4 is 13.8 Å². The van der Waals surface area contributed by atoms with Crippen molar-refractivity contribution in [2.45, 2.75) is 71.1 Å². The van der Waals surface area contributed by atoms with E-state index in [1.807, 2.05) is 0 Å². The van der Waals surface area contributed by atoms with Crippen LogP contribution in [-0.2, 0) is 14.1 Å². The summed E-state index contributed by atoms with van der Waals surface area (Å²) in [4.78, 5) is 32.3. The van der Waals surface area contributed by atoms with E-state index < -0.39 is 7.82 Å². The number of hydrogen-bond donors (Lipinski definition) is 3. The number of unbranched alkanes of at least 4 members (excludes halogenated alkanes) is 9. The van der Waals surface area contributed by atoms with Crippen molar-refractivity contribution in [1.29, 1.82) is 0 Å². The standard InChI is InChI=1S/C15H28O2.H3O4P/c1-3-5-6-7-8-9-10-11-12-13-14-17-15(16)4-2;1-5(2,3)4/h4H,2-3,5-14H2,1H3;(H3,1,2,3,4). The first kappa shape index (κ1) is 23.6. The molecule has 0 unspecified atom stereocenters. The Hall–Kier alpha value is -0.680. The summed E-state index contributed by atoms with van der Waals surface area (Å²) < 4.78 is 13.8. The van der Waals surface area contributed by atoms with Crippen LogP contribution in [-0.4, -0.2) is 27.3 Å². The van der Waals surface area contributed by atoms with E-state index in [0.717, 1.165) is 6.42 Å². The van der Waals surface area contributed by atoms with E-state index in [1.165, 1.54) is 63.9 Å². The van der Waals surface area contributed by atoms with Crippen LogP contribution < -0.4 is 0 Å². The van der Waals surface area contributed by atoms with Crippen molar-refractivity contribution in [3.05, 3.63) is 12.7 Å². The fourth-order valence-electron chi connectivity index (χ4n) is 1.82. The molecule has 0 radical (unpaired) electrons. The van der Waals surface area contributed by atoms with Gasteiger partial charge in [-0.2, -0.15) is 0 Å². The molecule has 0 atom stereocenters. The number of ether oxygens (including phenoxy) is 1. The third-order valence-electron chi connectivity index (χ3n) is 2.91. The summed E-state index contributed by atoms with van der Waals surface area (Å²) in [6, 6.07) is 0. The summed E-state index contributed by atoms with van der Waals surface area (Å²) in [6.45, 7) is 6.15. The van der Waals surface area contributed by atoms with Crippen LogP contribution in [0.5, 0.6) is 0 Å². The molecule has 22 heavy (non-hydrogen) atoms. The van der Waals surface area contributed by atoms with Crippen LogP contribution in [0.15, 0.2) is 12.7 Å². The molecule has 0 saturated heterocycles. The molecule has 0 saturated carbocycles. The SMILES string of the molecule is C=CC(=O)OCCCCCCCCCCCC.O=P(O)(O)O. The summed E-state index contributed by atoms with van der Waals surface area (Å²) >= 11 is 0. The van der Waals surface area contributed by atoms with Gasteiger partial charge < -0.3 is 19.4 Å². The minimum absolute atomic E-state index is 0.305. The molecule has 0 fully saturated rings. The maximum atomic E-state index is 10.7. The van der Waals surface area contributed by atoms with Crippen LogP contribution >= 0.6 is 7.82 Å². The predicted octanol–water partition coefficient (Wildman–Crippen LogP) is 3.71. The van der Waals surface area contributed by atoms with E-state index in [-0.39, 0.29) is 5.97 Å². The summed E-state index contributed by atoms with van der Waals surface area (Å²) in [7, 11) is -4.64. The van der Waals surface area contributed by atoms with E-state index in [9.17, 15) is 4.79 Å². The van der Waals surface area contributed by atoms with Crippen molar-refractivity contribution in [1.82, 2.24) is 0 Å². The number of hydrogen-bond acceptors (Lipinski definition) is 3. The fourth-order valence-corrected chi connectivity index (χ4v) is 1.82. The summed E-state index contributed by atoms with van der Waals surface area (Å²) in [5.41, 5.74) is 0. The van der Waals surface area contributed by atoms with Gasteiger partial charge in [0.25, 0.3) is 0 Å². The van der Waals surface area contributed by atoms with E-state index in [4.69, 9.17) is 24.0 Å². The monoisotopic (exact) mass is 338 g/mol. The van der Waals surface area contributed by atoms with Gasteiger partial charge in [-0.15, -0.1) is 0 Å². The molecule has 0 spiro atoms. The Kier molecular flexibility index (Phi) is 17.9. The first-order chi connectivity index (χ1) is 10.3. The van der Waals surface area contributed by atoms with Crippen molar-refractivity contribution < 1.29 is 28.8 Å². The van der Waals surface area contributed by atoms with Crippen LogP contribution in [0.25, 0.3) is 0 Å². The van der Waals surface area contributed by atoms with Crippen LogP contribution in [0.2, 0.25) is 0 Å². The van der Waals surface area contributed by atoms with E-state index >= 15 is 0 Å². The average Bonchev–Trinajstić information content (AvgIpc) is 2.42. The number of carbonyl (C=O) groups excluding carboxylic acids is 1. The Morgan fingerprint density at radius 2 is 1.32 bits per heavy atom. The molecular formula is C15H31O6P. The summed E-state index contributed by atoms with van der Waals surface area (Å²) in [5, 5.41) is 0. The first-order valence-corrected chi connectivity index (χ1v) is 9.45. The zero-order valence-corrected chi connectivity index (χ0v) is 14.5. The molecule has 0 aromatic carbocycles. The van der Waals surface area contributed by atoms with Crippen LogP contribution in [0.3, 0.4) is 0 Å². The molecule has 0 aliphatic rings. The topological polar surface area (TPSA) is 104 Å². The molecule has 0 bridgehead atoms. The lowest BCUT2D eigenvalue weighted by Crippen LogP contribution is -2.01. The predicted molar refractivity (Wildman–Crippen MR) is 87.3 cm³/mol. The number of esters is 1. The third kappa shape index (κ3) is 31.6. The highest BCUT2D eigenvalue weighted by molar-refractivity contribution is 7.45. The largest absolute Gasteiger partial charge is 0.466 e. The molecular weight excluding hydrogens is 307 g/mol. The highest BCUT2D eigenvalue weighted by Crippen LogP contribution is 2.25. The van der Waals surface area contributed by atoms with Crippen molar-refractivity contribution in [2.24, 2.45) is 0 Å². The summed E-state index contributed by atoms with van der Waals surface area (Å²) in [5.74, 6) is -0.305. The molecule has 0 rings (SSSR count). The molecule has 132 valence electrons. The van der Waals surface area contributed by atoms with Crippen molar-refractivity contribution in [2.75, 3.05) is 6.61 Å². The minimum Gasteiger partial charge on any atom is -0.463 e. The smallest absolute Gasteiger partial charge is 0.463 e. The highest BCUT2D eigenvalue weighted by Gasteiger charge is 2.00.